The van der Waals surface area contributed by atoms with Gasteiger partial charge in [-0.15, -0.1) is 0 Å². The normalized spacial score (nSPS) is 10.9. The zero-order valence-electron chi connectivity index (χ0n) is 11.1. The molecule has 0 unspecified atom stereocenters. The van der Waals surface area contributed by atoms with Crippen molar-refractivity contribution < 1.29 is 14.5 Å². The maximum Gasteiger partial charge on any atom is 0.296 e. The lowest BCUT2D eigenvalue weighted by Crippen LogP contribution is -2.37. The number of anilines is 1. The largest absolute Gasteiger partial charge is 0.496 e. The summed E-state index contributed by atoms with van der Waals surface area (Å²) in [6.07, 6.45) is 0. The number of ether oxygens (including phenoxy) is 1. The van der Waals surface area contributed by atoms with E-state index in [9.17, 15) is 14.9 Å². The van der Waals surface area contributed by atoms with Crippen molar-refractivity contribution in [2.75, 3.05) is 19.0 Å². The Bertz CT molecular complexity index is 500. The first-order valence-electron chi connectivity index (χ1n) is 5.66. The lowest BCUT2D eigenvalue weighted by Gasteiger charge is -2.21. The zero-order valence-corrected chi connectivity index (χ0v) is 11.1. The Kier molecular flexibility index (Phi) is 4.44. The smallest absolute Gasteiger partial charge is 0.296 e. The van der Waals surface area contributed by atoms with E-state index >= 15 is 0 Å². The summed E-state index contributed by atoms with van der Waals surface area (Å²) < 4.78 is 4.92. The average molecular weight is 267 g/mol. The molecule has 7 heteroatoms. The fourth-order valence-electron chi connectivity index (χ4n) is 1.28. The Balaban J connectivity index is 3.08. The van der Waals surface area contributed by atoms with Crippen molar-refractivity contribution in [3.8, 4) is 5.75 Å². The number of carbonyl (C=O) groups is 1. The number of nitrogens with one attached hydrogen (secondary N) is 1. The minimum Gasteiger partial charge on any atom is -0.496 e. The first-order chi connectivity index (χ1) is 8.81. The van der Waals surface area contributed by atoms with Crippen molar-refractivity contribution in [3.63, 3.8) is 0 Å². The van der Waals surface area contributed by atoms with Crippen LogP contribution in [0.25, 0.3) is 0 Å². The highest BCUT2D eigenvalue weighted by Crippen LogP contribution is 2.30. The monoisotopic (exact) mass is 267 g/mol. The Morgan fingerprint density at radius 1 is 1.53 bits per heavy atom. The summed E-state index contributed by atoms with van der Waals surface area (Å²) in [5.41, 5.74) is 4.59. The molecule has 1 aromatic carbocycles. The number of hydrogen-bond acceptors (Lipinski definition) is 5. The van der Waals surface area contributed by atoms with Gasteiger partial charge in [0, 0.05) is 6.54 Å². The van der Waals surface area contributed by atoms with Crippen molar-refractivity contribution in [2.24, 2.45) is 11.1 Å². The van der Waals surface area contributed by atoms with Crippen LogP contribution in [-0.2, 0) is 4.79 Å². The first kappa shape index (κ1) is 14.9. The van der Waals surface area contributed by atoms with Gasteiger partial charge >= 0.3 is 0 Å². The Labute approximate surface area is 110 Å². The van der Waals surface area contributed by atoms with Crippen molar-refractivity contribution in [1.82, 2.24) is 0 Å². The summed E-state index contributed by atoms with van der Waals surface area (Å²) in [7, 11) is 1.41. The van der Waals surface area contributed by atoms with Gasteiger partial charge in [-0.1, -0.05) is 0 Å². The van der Waals surface area contributed by atoms with E-state index in [0.717, 1.165) is 0 Å². The third-order valence-corrected chi connectivity index (χ3v) is 2.77. The lowest BCUT2D eigenvalue weighted by molar-refractivity contribution is -0.384. The molecule has 0 aliphatic carbocycles. The van der Waals surface area contributed by atoms with Gasteiger partial charge in [-0.05, 0) is 26.0 Å². The summed E-state index contributed by atoms with van der Waals surface area (Å²) in [4.78, 5) is 22.3. The molecule has 0 aromatic heterocycles. The fraction of sp³-hybridized carbons (Fsp3) is 0.417. The number of hydrogen-bond donors (Lipinski definition) is 2. The van der Waals surface area contributed by atoms with Gasteiger partial charge in [-0.3, -0.25) is 14.9 Å². The highest BCUT2D eigenvalue weighted by atomic mass is 16.6. The molecule has 7 nitrogen and oxygen atoms in total. The Morgan fingerprint density at radius 2 is 2.16 bits per heavy atom. The molecule has 0 spiro atoms. The van der Waals surface area contributed by atoms with E-state index < -0.39 is 10.3 Å². The molecule has 0 fully saturated rings. The number of amides is 1. The van der Waals surface area contributed by atoms with Crippen LogP contribution < -0.4 is 15.8 Å². The lowest BCUT2D eigenvalue weighted by atomic mass is 9.92. The van der Waals surface area contributed by atoms with Gasteiger partial charge in [0.1, 0.15) is 11.4 Å². The molecule has 0 atom stereocenters. The standard InChI is InChI=1S/C12H17N3O4/c1-12(2,7-13)11(16)14-9-5-4-8(19-3)6-10(9)15(17)18/h4-6H,7,13H2,1-3H3,(H,14,16). The average Bonchev–Trinajstić information content (AvgIpc) is 2.38. The minimum absolute atomic E-state index is 0.123. The van der Waals surface area contributed by atoms with Gasteiger partial charge in [0.05, 0.1) is 23.5 Å². The number of nitro groups is 1. The summed E-state index contributed by atoms with van der Waals surface area (Å²) >= 11 is 0. The van der Waals surface area contributed by atoms with E-state index in [0.29, 0.717) is 5.75 Å². The van der Waals surface area contributed by atoms with Crippen molar-refractivity contribution in [3.05, 3.63) is 28.3 Å². The van der Waals surface area contributed by atoms with Crippen LogP contribution in [0.1, 0.15) is 13.8 Å². The molecule has 0 heterocycles. The van der Waals surface area contributed by atoms with Crippen molar-refractivity contribution in [2.45, 2.75) is 13.8 Å². The molecule has 1 amide bonds. The highest BCUT2D eigenvalue weighted by molar-refractivity contribution is 5.97. The van der Waals surface area contributed by atoms with E-state index in [1.54, 1.807) is 13.8 Å². The van der Waals surface area contributed by atoms with Crippen LogP contribution in [0.2, 0.25) is 0 Å². The first-order valence-corrected chi connectivity index (χ1v) is 5.66. The van der Waals surface area contributed by atoms with Gasteiger partial charge in [-0.25, -0.2) is 0 Å². The second-order valence-electron chi connectivity index (χ2n) is 4.68. The molecule has 0 aliphatic rings. The minimum atomic E-state index is -0.798. The van der Waals surface area contributed by atoms with Gasteiger partial charge < -0.3 is 15.8 Å². The number of methoxy groups -OCH3 is 1. The molecule has 19 heavy (non-hydrogen) atoms. The van der Waals surface area contributed by atoms with Crippen LogP contribution in [0.4, 0.5) is 11.4 Å². The summed E-state index contributed by atoms with van der Waals surface area (Å²) in [6.45, 7) is 3.47. The number of nitrogens with two attached hydrogens (primary N) is 1. The molecule has 1 aromatic rings. The van der Waals surface area contributed by atoms with Crippen LogP contribution in [0.3, 0.4) is 0 Å². The SMILES string of the molecule is COc1ccc(NC(=O)C(C)(C)CN)c([N+](=O)[O-])c1. The number of benzene rings is 1. The maximum absolute atomic E-state index is 11.9. The molecule has 0 saturated heterocycles. The quantitative estimate of drug-likeness (QED) is 0.621. The number of carbonyl (C=O) groups excluding carboxylic acids is 1. The topological polar surface area (TPSA) is 107 Å². The molecular formula is C12H17N3O4. The van der Waals surface area contributed by atoms with E-state index in [1.165, 1.54) is 25.3 Å². The van der Waals surface area contributed by atoms with E-state index in [2.05, 4.69) is 5.32 Å². The second kappa shape index (κ2) is 5.66. The summed E-state index contributed by atoms with van der Waals surface area (Å²) in [6, 6.07) is 4.23. The molecule has 3 N–H and O–H groups in total. The van der Waals surface area contributed by atoms with Crippen LogP contribution in [0, 0.1) is 15.5 Å². The maximum atomic E-state index is 11.9. The van der Waals surface area contributed by atoms with Gasteiger partial charge in [0.2, 0.25) is 5.91 Å². The third kappa shape index (κ3) is 3.41. The summed E-state index contributed by atoms with van der Waals surface area (Å²) in [5, 5.41) is 13.5. The van der Waals surface area contributed by atoms with Crippen LogP contribution in [-0.4, -0.2) is 24.5 Å². The van der Waals surface area contributed by atoms with E-state index in [-0.39, 0.29) is 23.8 Å². The van der Waals surface area contributed by atoms with Crippen molar-refractivity contribution >= 4 is 17.3 Å². The molecule has 1 rings (SSSR count). The molecule has 104 valence electrons. The molecule has 0 radical (unpaired) electrons. The van der Waals surface area contributed by atoms with Crippen LogP contribution in [0.5, 0.6) is 5.75 Å². The third-order valence-electron chi connectivity index (χ3n) is 2.77. The number of rotatable bonds is 5. The number of nitrogens with zero attached hydrogens (tertiary/aromatic N) is 1. The molecular weight excluding hydrogens is 250 g/mol. The Hall–Kier alpha value is -2.15. The number of nitro benzene ring substituents is 1. The van der Waals surface area contributed by atoms with Gasteiger partial charge in [-0.2, -0.15) is 0 Å². The predicted molar refractivity (Wildman–Crippen MR) is 71.1 cm³/mol. The van der Waals surface area contributed by atoms with Gasteiger partial charge in [0.25, 0.3) is 5.69 Å². The molecule has 0 saturated carbocycles. The van der Waals surface area contributed by atoms with Gasteiger partial charge in [0.15, 0.2) is 0 Å². The van der Waals surface area contributed by atoms with E-state index in [4.69, 9.17) is 10.5 Å². The van der Waals surface area contributed by atoms with Crippen molar-refractivity contribution in [1.29, 1.82) is 0 Å². The Morgan fingerprint density at radius 3 is 2.63 bits per heavy atom. The predicted octanol–water partition coefficient (Wildman–Crippen LogP) is 1.53. The molecule has 0 bridgehead atoms. The zero-order chi connectivity index (χ0) is 14.6. The molecule has 0 aliphatic heterocycles. The second-order valence-corrected chi connectivity index (χ2v) is 4.68. The highest BCUT2D eigenvalue weighted by Gasteiger charge is 2.28. The van der Waals surface area contributed by atoms with E-state index in [1.807, 2.05) is 0 Å². The fourth-order valence-corrected chi connectivity index (χ4v) is 1.28. The van der Waals surface area contributed by atoms with Crippen LogP contribution in [0.15, 0.2) is 18.2 Å². The summed E-state index contributed by atoms with van der Waals surface area (Å²) in [5.74, 6) is -0.0222. The van der Waals surface area contributed by atoms with Crippen LogP contribution >= 0.6 is 0 Å².